The second-order valence-electron chi connectivity index (χ2n) is 5.57. The first kappa shape index (κ1) is 16.4. The zero-order valence-corrected chi connectivity index (χ0v) is 13.7. The average molecular weight is 310 g/mol. The van der Waals surface area contributed by atoms with E-state index in [-0.39, 0.29) is 0 Å². The molecule has 1 fully saturated rings. The molecule has 1 aliphatic carbocycles. The molecule has 1 saturated carbocycles. The van der Waals surface area contributed by atoms with Crippen molar-refractivity contribution in [3.05, 3.63) is 6.07 Å². The highest BCUT2D eigenvalue weighted by Crippen LogP contribution is 2.31. The smallest absolute Gasteiger partial charge is 0.191 e. The van der Waals surface area contributed by atoms with Crippen LogP contribution in [0.15, 0.2) is 11.2 Å². The Hall–Kier alpha value is -1.01. The zero-order valence-electron chi connectivity index (χ0n) is 12.9. The van der Waals surface area contributed by atoms with E-state index < -0.39 is 0 Å². The first-order chi connectivity index (χ1) is 10.3. The fourth-order valence-corrected chi connectivity index (χ4v) is 3.19. The van der Waals surface area contributed by atoms with Crippen LogP contribution in [-0.4, -0.2) is 41.0 Å². The highest BCUT2D eigenvalue weighted by Gasteiger charge is 2.26. The number of anilines is 2. The quantitative estimate of drug-likeness (QED) is 0.507. The molecule has 0 bridgehead atoms. The molecule has 0 amide bonds. The van der Waals surface area contributed by atoms with E-state index in [0.717, 1.165) is 42.7 Å². The normalized spacial score (nSPS) is 21.5. The van der Waals surface area contributed by atoms with E-state index in [1.54, 1.807) is 11.8 Å². The van der Waals surface area contributed by atoms with Gasteiger partial charge in [0.05, 0.1) is 0 Å². The molecule has 5 nitrogen and oxygen atoms in total. The van der Waals surface area contributed by atoms with Crippen molar-refractivity contribution < 1.29 is 5.11 Å². The molecular weight excluding hydrogens is 284 g/mol. The fraction of sp³-hybridized carbons (Fsp3) is 0.733. The number of nitrogens with zero attached hydrogens (tertiary/aromatic N) is 2. The molecular formula is C15H26N4OS. The molecule has 6 heteroatoms. The molecule has 118 valence electrons. The molecule has 3 N–H and O–H groups in total. The van der Waals surface area contributed by atoms with Crippen molar-refractivity contribution in [3.63, 3.8) is 0 Å². The van der Waals surface area contributed by atoms with Crippen LogP contribution in [0.5, 0.6) is 0 Å². The summed E-state index contributed by atoms with van der Waals surface area (Å²) in [4.78, 5) is 8.97. The molecule has 21 heavy (non-hydrogen) atoms. The standard InChI is InChI=1S/C15H26N4OS/c1-3-7-16-13-8-14(19-15(18-13)21-2)17-9-11-5-4-6-12(11)10-20/h8,11-12,20H,3-7,9-10H2,1-2H3,(H2,16,17,18,19). The van der Waals surface area contributed by atoms with Crippen molar-refractivity contribution >= 4 is 23.4 Å². The summed E-state index contributed by atoms with van der Waals surface area (Å²) in [6.45, 7) is 4.23. The lowest BCUT2D eigenvalue weighted by Gasteiger charge is -2.18. The van der Waals surface area contributed by atoms with Gasteiger partial charge in [0.25, 0.3) is 0 Å². The van der Waals surface area contributed by atoms with Crippen LogP contribution >= 0.6 is 11.8 Å². The third-order valence-corrected chi connectivity index (χ3v) is 4.59. The van der Waals surface area contributed by atoms with Gasteiger partial charge in [0.15, 0.2) is 5.16 Å². The molecule has 2 rings (SSSR count). The van der Waals surface area contributed by atoms with E-state index in [4.69, 9.17) is 0 Å². The second-order valence-corrected chi connectivity index (χ2v) is 6.34. The molecule has 0 spiro atoms. The van der Waals surface area contributed by atoms with Crippen molar-refractivity contribution in [1.82, 2.24) is 9.97 Å². The summed E-state index contributed by atoms with van der Waals surface area (Å²) in [6, 6.07) is 1.97. The van der Waals surface area contributed by atoms with Gasteiger partial charge < -0.3 is 15.7 Å². The number of thioether (sulfide) groups is 1. The van der Waals surface area contributed by atoms with Crippen LogP contribution in [0, 0.1) is 11.8 Å². The monoisotopic (exact) mass is 310 g/mol. The van der Waals surface area contributed by atoms with Crippen LogP contribution in [0.2, 0.25) is 0 Å². The lowest BCUT2D eigenvalue weighted by atomic mass is 9.97. The van der Waals surface area contributed by atoms with E-state index in [1.165, 1.54) is 12.8 Å². The topological polar surface area (TPSA) is 70.1 Å². The number of hydrogen-bond donors (Lipinski definition) is 3. The Bertz CT molecular complexity index is 444. The number of aliphatic hydroxyl groups excluding tert-OH is 1. The van der Waals surface area contributed by atoms with Crippen molar-refractivity contribution in [3.8, 4) is 0 Å². The minimum absolute atomic E-state index is 0.301. The molecule has 1 heterocycles. The van der Waals surface area contributed by atoms with Crippen LogP contribution in [0.4, 0.5) is 11.6 Å². The van der Waals surface area contributed by atoms with Gasteiger partial charge in [-0.1, -0.05) is 25.1 Å². The highest BCUT2D eigenvalue weighted by atomic mass is 32.2. The summed E-state index contributed by atoms with van der Waals surface area (Å²) < 4.78 is 0. The molecule has 0 saturated heterocycles. The summed E-state index contributed by atoms with van der Waals surface area (Å²) in [5, 5.41) is 16.9. The van der Waals surface area contributed by atoms with Gasteiger partial charge in [-0.25, -0.2) is 9.97 Å². The van der Waals surface area contributed by atoms with Gasteiger partial charge in [-0.3, -0.25) is 0 Å². The Morgan fingerprint density at radius 1 is 1.24 bits per heavy atom. The minimum atomic E-state index is 0.301. The maximum Gasteiger partial charge on any atom is 0.191 e. The van der Waals surface area contributed by atoms with Crippen LogP contribution in [0.3, 0.4) is 0 Å². The Labute approximate surface area is 131 Å². The second kappa shape index (κ2) is 8.44. The Morgan fingerprint density at radius 3 is 2.62 bits per heavy atom. The lowest BCUT2D eigenvalue weighted by Crippen LogP contribution is -2.21. The fourth-order valence-electron chi connectivity index (χ4n) is 2.81. The summed E-state index contributed by atoms with van der Waals surface area (Å²) >= 11 is 1.55. The third-order valence-electron chi connectivity index (χ3n) is 4.04. The van der Waals surface area contributed by atoms with Gasteiger partial charge in [-0.05, 0) is 37.4 Å². The Morgan fingerprint density at radius 2 is 1.95 bits per heavy atom. The number of hydrogen-bond acceptors (Lipinski definition) is 6. The van der Waals surface area contributed by atoms with Gasteiger partial charge >= 0.3 is 0 Å². The number of nitrogens with one attached hydrogen (secondary N) is 2. The maximum atomic E-state index is 9.39. The summed E-state index contributed by atoms with van der Waals surface area (Å²) in [5.74, 6) is 2.74. The van der Waals surface area contributed by atoms with E-state index in [9.17, 15) is 5.11 Å². The number of aliphatic hydroxyl groups is 1. The van der Waals surface area contributed by atoms with Crippen molar-refractivity contribution in [2.24, 2.45) is 11.8 Å². The number of rotatable bonds is 8. The summed E-state index contributed by atoms with van der Waals surface area (Å²) in [5.41, 5.74) is 0. The molecule has 2 unspecified atom stereocenters. The van der Waals surface area contributed by atoms with E-state index >= 15 is 0 Å². The van der Waals surface area contributed by atoms with Crippen molar-refractivity contribution in [2.75, 3.05) is 36.6 Å². The molecule has 1 aromatic rings. The summed E-state index contributed by atoms with van der Waals surface area (Å²) in [6.07, 6.45) is 6.62. The maximum absolute atomic E-state index is 9.39. The van der Waals surface area contributed by atoms with Gasteiger partial charge in [0, 0.05) is 25.8 Å². The first-order valence-electron chi connectivity index (χ1n) is 7.78. The molecule has 1 aliphatic rings. The molecule has 0 aromatic carbocycles. The van der Waals surface area contributed by atoms with Crippen molar-refractivity contribution in [2.45, 2.75) is 37.8 Å². The predicted octanol–water partition coefficient (Wildman–Crippen LogP) is 2.84. The Balaban J connectivity index is 1.97. The number of aromatic nitrogens is 2. The SMILES string of the molecule is CCCNc1cc(NCC2CCCC2CO)nc(SC)n1. The first-order valence-corrected chi connectivity index (χ1v) is 9.01. The molecule has 0 aliphatic heterocycles. The largest absolute Gasteiger partial charge is 0.396 e. The summed E-state index contributed by atoms with van der Waals surface area (Å²) in [7, 11) is 0. The van der Waals surface area contributed by atoms with Gasteiger partial charge in [0.1, 0.15) is 11.6 Å². The van der Waals surface area contributed by atoms with Crippen LogP contribution in [0.25, 0.3) is 0 Å². The third kappa shape index (κ3) is 4.74. The van der Waals surface area contributed by atoms with E-state index in [0.29, 0.717) is 18.4 Å². The Kier molecular flexibility index (Phi) is 6.57. The van der Waals surface area contributed by atoms with Crippen LogP contribution in [-0.2, 0) is 0 Å². The zero-order chi connectivity index (χ0) is 15.1. The molecule has 0 radical (unpaired) electrons. The van der Waals surface area contributed by atoms with Gasteiger partial charge in [-0.2, -0.15) is 0 Å². The van der Waals surface area contributed by atoms with E-state index in [1.807, 2.05) is 12.3 Å². The highest BCUT2D eigenvalue weighted by molar-refractivity contribution is 7.98. The lowest BCUT2D eigenvalue weighted by molar-refractivity contribution is 0.199. The van der Waals surface area contributed by atoms with Crippen LogP contribution in [0.1, 0.15) is 32.6 Å². The van der Waals surface area contributed by atoms with Crippen molar-refractivity contribution in [1.29, 1.82) is 0 Å². The van der Waals surface area contributed by atoms with Gasteiger partial charge in [0.2, 0.25) is 0 Å². The van der Waals surface area contributed by atoms with E-state index in [2.05, 4.69) is 27.5 Å². The predicted molar refractivity (Wildman–Crippen MR) is 89.0 cm³/mol. The van der Waals surface area contributed by atoms with Crippen LogP contribution < -0.4 is 10.6 Å². The average Bonchev–Trinajstić information content (AvgIpc) is 2.98. The minimum Gasteiger partial charge on any atom is -0.396 e. The molecule has 2 atom stereocenters. The molecule has 1 aromatic heterocycles. The van der Waals surface area contributed by atoms with Gasteiger partial charge in [-0.15, -0.1) is 0 Å².